The average molecular weight is 356 g/mol. The Labute approximate surface area is 130 Å². The van der Waals surface area contributed by atoms with Crippen LogP contribution in [0.2, 0.25) is 0 Å². The predicted octanol–water partition coefficient (Wildman–Crippen LogP) is 3.90. The van der Waals surface area contributed by atoms with E-state index < -0.39 is 0 Å². The van der Waals surface area contributed by atoms with E-state index in [-0.39, 0.29) is 11.1 Å². The summed E-state index contributed by atoms with van der Waals surface area (Å²) in [5.74, 6) is 0.509. The zero-order valence-electron chi connectivity index (χ0n) is 11.2. The summed E-state index contributed by atoms with van der Waals surface area (Å²) in [6.07, 6.45) is 2.49. The van der Waals surface area contributed by atoms with Gasteiger partial charge in [-0.2, -0.15) is 0 Å². The number of rotatable bonds is 4. The van der Waals surface area contributed by atoms with E-state index in [9.17, 15) is 9.59 Å². The molecule has 0 atom stereocenters. The van der Waals surface area contributed by atoms with Gasteiger partial charge in [0.25, 0.3) is 11.1 Å². The zero-order valence-corrected chi connectivity index (χ0v) is 13.6. The summed E-state index contributed by atoms with van der Waals surface area (Å²) >= 11 is 4.38. The standard InChI is InChI=1S/C14H14BrNO3S/c1-3-6-16-13(17)12(20-14(16)18)8-9-4-5-11(19-2)10(15)7-9/h4-5,7-8H,3,6H2,1-2H3/b12-8+. The van der Waals surface area contributed by atoms with Crippen molar-refractivity contribution in [3.8, 4) is 5.75 Å². The summed E-state index contributed by atoms with van der Waals surface area (Å²) in [6.45, 7) is 2.40. The van der Waals surface area contributed by atoms with E-state index in [0.29, 0.717) is 11.4 Å². The van der Waals surface area contributed by atoms with E-state index in [1.54, 1.807) is 13.2 Å². The maximum Gasteiger partial charge on any atom is 0.293 e. The van der Waals surface area contributed by atoms with Crippen molar-refractivity contribution in [2.75, 3.05) is 13.7 Å². The Morgan fingerprint density at radius 3 is 2.75 bits per heavy atom. The van der Waals surface area contributed by atoms with E-state index in [0.717, 1.165) is 34.0 Å². The lowest BCUT2D eigenvalue weighted by Gasteiger charge is -2.09. The first kappa shape index (κ1) is 15.1. The average Bonchev–Trinajstić information content (AvgIpc) is 2.67. The molecule has 0 spiro atoms. The molecule has 0 saturated carbocycles. The van der Waals surface area contributed by atoms with Crippen LogP contribution in [0.1, 0.15) is 18.9 Å². The Kier molecular flexibility index (Phi) is 4.88. The van der Waals surface area contributed by atoms with Crippen LogP contribution in [0.3, 0.4) is 0 Å². The lowest BCUT2D eigenvalue weighted by Crippen LogP contribution is -2.28. The minimum absolute atomic E-state index is 0.198. The maximum atomic E-state index is 12.1. The van der Waals surface area contributed by atoms with E-state index in [1.807, 2.05) is 25.1 Å². The van der Waals surface area contributed by atoms with Gasteiger partial charge >= 0.3 is 0 Å². The minimum Gasteiger partial charge on any atom is -0.496 e. The Hall–Kier alpha value is -1.27. The van der Waals surface area contributed by atoms with Gasteiger partial charge in [-0.1, -0.05) is 13.0 Å². The normalized spacial score (nSPS) is 17.1. The van der Waals surface area contributed by atoms with Crippen LogP contribution >= 0.6 is 27.7 Å². The molecule has 1 aromatic carbocycles. The van der Waals surface area contributed by atoms with Crippen LogP contribution < -0.4 is 4.74 Å². The quantitative estimate of drug-likeness (QED) is 0.768. The number of imide groups is 1. The van der Waals surface area contributed by atoms with Crippen molar-refractivity contribution in [2.24, 2.45) is 0 Å². The number of carbonyl (C=O) groups excluding carboxylic acids is 2. The number of thioether (sulfide) groups is 1. The van der Waals surface area contributed by atoms with Gasteiger partial charge < -0.3 is 4.74 Å². The second kappa shape index (κ2) is 6.45. The molecule has 0 N–H and O–H groups in total. The molecule has 20 heavy (non-hydrogen) atoms. The van der Waals surface area contributed by atoms with Crippen LogP contribution in [-0.4, -0.2) is 29.7 Å². The third kappa shape index (κ3) is 3.07. The highest BCUT2D eigenvalue weighted by Gasteiger charge is 2.34. The van der Waals surface area contributed by atoms with Crippen molar-refractivity contribution < 1.29 is 14.3 Å². The molecule has 1 aliphatic rings. The summed E-state index contributed by atoms with van der Waals surface area (Å²) in [5.41, 5.74) is 0.847. The van der Waals surface area contributed by atoms with E-state index in [1.165, 1.54) is 4.90 Å². The van der Waals surface area contributed by atoms with Gasteiger partial charge in [-0.3, -0.25) is 14.5 Å². The van der Waals surface area contributed by atoms with Crippen molar-refractivity contribution in [2.45, 2.75) is 13.3 Å². The zero-order chi connectivity index (χ0) is 14.7. The Morgan fingerprint density at radius 2 is 2.15 bits per heavy atom. The number of halogens is 1. The number of carbonyl (C=O) groups is 2. The topological polar surface area (TPSA) is 46.6 Å². The fourth-order valence-corrected chi connectivity index (χ4v) is 3.26. The molecule has 1 aliphatic heterocycles. The molecule has 0 unspecified atom stereocenters. The van der Waals surface area contributed by atoms with E-state index in [2.05, 4.69) is 15.9 Å². The van der Waals surface area contributed by atoms with Crippen molar-refractivity contribution in [1.82, 2.24) is 4.90 Å². The van der Waals surface area contributed by atoms with E-state index in [4.69, 9.17) is 4.74 Å². The number of amides is 2. The van der Waals surface area contributed by atoms with Gasteiger partial charge in [-0.15, -0.1) is 0 Å². The number of hydrogen-bond acceptors (Lipinski definition) is 4. The number of hydrogen-bond donors (Lipinski definition) is 0. The lowest BCUT2D eigenvalue weighted by molar-refractivity contribution is -0.122. The smallest absolute Gasteiger partial charge is 0.293 e. The third-order valence-corrected chi connectivity index (χ3v) is 4.32. The van der Waals surface area contributed by atoms with Gasteiger partial charge in [0.1, 0.15) is 5.75 Å². The molecular weight excluding hydrogens is 342 g/mol. The predicted molar refractivity (Wildman–Crippen MR) is 83.7 cm³/mol. The third-order valence-electron chi connectivity index (χ3n) is 2.79. The fourth-order valence-electron chi connectivity index (χ4n) is 1.84. The molecular formula is C14H14BrNO3S. The number of nitrogens with zero attached hydrogens (tertiary/aromatic N) is 1. The monoisotopic (exact) mass is 355 g/mol. The molecule has 1 heterocycles. The molecule has 1 aromatic rings. The van der Waals surface area contributed by atoms with Crippen molar-refractivity contribution in [3.63, 3.8) is 0 Å². The highest BCUT2D eigenvalue weighted by Crippen LogP contribution is 2.33. The number of ether oxygens (including phenoxy) is 1. The minimum atomic E-state index is -0.214. The highest BCUT2D eigenvalue weighted by atomic mass is 79.9. The van der Waals surface area contributed by atoms with E-state index >= 15 is 0 Å². The molecule has 2 amide bonds. The van der Waals surface area contributed by atoms with Gasteiger partial charge in [0.15, 0.2) is 0 Å². The molecule has 1 fully saturated rings. The van der Waals surface area contributed by atoms with Gasteiger partial charge in [0.05, 0.1) is 16.5 Å². The Morgan fingerprint density at radius 1 is 1.40 bits per heavy atom. The van der Waals surface area contributed by atoms with Crippen LogP contribution in [0.5, 0.6) is 5.75 Å². The first-order chi connectivity index (χ1) is 9.56. The van der Waals surface area contributed by atoms with Gasteiger partial charge in [0, 0.05) is 6.54 Å². The van der Waals surface area contributed by atoms with Crippen molar-refractivity contribution in [1.29, 1.82) is 0 Å². The Bertz CT molecular complexity index is 586. The van der Waals surface area contributed by atoms with Crippen molar-refractivity contribution >= 4 is 44.9 Å². The summed E-state index contributed by atoms with van der Waals surface area (Å²) in [7, 11) is 1.59. The second-order valence-electron chi connectivity index (χ2n) is 4.23. The Balaban J connectivity index is 2.26. The molecule has 6 heteroatoms. The van der Waals surface area contributed by atoms with Gasteiger partial charge in [-0.25, -0.2) is 0 Å². The first-order valence-corrected chi connectivity index (χ1v) is 7.76. The summed E-state index contributed by atoms with van der Waals surface area (Å²) in [5, 5.41) is -0.198. The largest absolute Gasteiger partial charge is 0.496 e. The summed E-state index contributed by atoms with van der Waals surface area (Å²) in [4.78, 5) is 25.6. The molecule has 0 radical (unpaired) electrons. The van der Waals surface area contributed by atoms with Crippen molar-refractivity contribution in [3.05, 3.63) is 33.1 Å². The summed E-state index contributed by atoms with van der Waals surface area (Å²) in [6, 6.07) is 5.51. The number of benzene rings is 1. The highest BCUT2D eigenvalue weighted by molar-refractivity contribution is 9.10. The van der Waals surface area contributed by atoms with Gasteiger partial charge in [-0.05, 0) is 57.9 Å². The second-order valence-corrected chi connectivity index (χ2v) is 6.07. The van der Waals surface area contributed by atoms with Crippen LogP contribution in [0.15, 0.2) is 27.6 Å². The van der Waals surface area contributed by atoms with Gasteiger partial charge in [0.2, 0.25) is 0 Å². The first-order valence-electron chi connectivity index (χ1n) is 6.15. The molecule has 0 aromatic heterocycles. The molecule has 0 aliphatic carbocycles. The molecule has 2 rings (SSSR count). The molecule has 0 bridgehead atoms. The number of methoxy groups -OCH3 is 1. The lowest BCUT2D eigenvalue weighted by atomic mass is 10.2. The maximum absolute atomic E-state index is 12.1. The fraction of sp³-hybridized carbons (Fsp3) is 0.286. The van der Waals surface area contributed by atoms with Crippen LogP contribution in [0, 0.1) is 0 Å². The SMILES string of the molecule is CCCN1C(=O)S/C(=C/c2ccc(OC)c(Br)c2)C1=O. The van der Waals surface area contributed by atoms with Crippen LogP contribution in [-0.2, 0) is 4.79 Å². The summed E-state index contributed by atoms with van der Waals surface area (Å²) < 4.78 is 5.96. The molecule has 4 nitrogen and oxygen atoms in total. The molecule has 106 valence electrons. The molecule has 1 saturated heterocycles. The van der Waals surface area contributed by atoms with Crippen LogP contribution in [0.25, 0.3) is 6.08 Å². The van der Waals surface area contributed by atoms with Crippen LogP contribution in [0.4, 0.5) is 4.79 Å².